The molecule has 8 heteroatoms. The zero-order valence-electron chi connectivity index (χ0n) is 31.7. The first-order chi connectivity index (χ1) is 29.6. The van der Waals surface area contributed by atoms with E-state index in [1.807, 2.05) is 97.3 Å². The third kappa shape index (κ3) is 5.15. The molecule has 8 nitrogen and oxygen atoms in total. The minimum atomic E-state index is 0.583. The Morgan fingerprint density at radius 3 is 1.22 bits per heavy atom. The van der Waals surface area contributed by atoms with Gasteiger partial charge in [0.1, 0.15) is 22.3 Å². The highest BCUT2D eigenvalue weighted by Crippen LogP contribution is 2.45. The number of fused-ring (bicyclic) bond motifs is 6. The number of aromatic nitrogens is 2. The molecule has 60 heavy (non-hydrogen) atoms. The number of benzene rings is 8. The van der Waals surface area contributed by atoms with Crippen LogP contribution in [-0.2, 0) is 0 Å². The van der Waals surface area contributed by atoms with E-state index >= 15 is 0 Å². The summed E-state index contributed by atoms with van der Waals surface area (Å²) >= 11 is 0. The van der Waals surface area contributed by atoms with Gasteiger partial charge in [0.15, 0.2) is 0 Å². The summed E-state index contributed by atoms with van der Waals surface area (Å²) in [6.07, 6.45) is 3.84. The monoisotopic (exact) mass is 768 g/mol. The molecule has 0 bridgehead atoms. The second kappa shape index (κ2) is 12.9. The molecule has 0 aliphatic heterocycles. The van der Waals surface area contributed by atoms with Gasteiger partial charge in [-0.1, -0.05) is 36.4 Å². The van der Waals surface area contributed by atoms with Crippen molar-refractivity contribution in [1.82, 2.24) is 9.97 Å². The Bertz CT molecular complexity index is 3450. The summed E-state index contributed by atoms with van der Waals surface area (Å²) in [5, 5.41) is 27.4. The fraction of sp³-hybridized carbons (Fsp3) is 0. The van der Waals surface area contributed by atoms with Crippen molar-refractivity contribution >= 4 is 111 Å². The maximum atomic E-state index is 9.60. The molecule has 0 aliphatic rings. The number of rotatable bonds is 6. The van der Waals surface area contributed by atoms with E-state index in [0.717, 1.165) is 111 Å². The van der Waals surface area contributed by atoms with Crippen LogP contribution in [0.2, 0.25) is 0 Å². The summed E-state index contributed by atoms with van der Waals surface area (Å²) in [5.41, 5.74) is 11.4. The maximum absolute atomic E-state index is 9.60. The molecule has 4 heterocycles. The fourth-order valence-corrected chi connectivity index (χ4v) is 8.73. The minimum absolute atomic E-state index is 0.583. The highest BCUT2D eigenvalue weighted by atomic mass is 16.3. The predicted molar refractivity (Wildman–Crippen MR) is 239 cm³/mol. The summed E-state index contributed by atoms with van der Waals surface area (Å²) in [6.45, 7) is 0. The van der Waals surface area contributed by atoms with E-state index < -0.39 is 0 Å². The van der Waals surface area contributed by atoms with E-state index in [1.165, 1.54) is 0 Å². The molecule has 8 aromatic carbocycles. The molecule has 278 valence electrons. The average molecular weight is 769 g/mol. The number of anilines is 6. The molecule has 12 rings (SSSR count). The van der Waals surface area contributed by atoms with Gasteiger partial charge in [0, 0.05) is 102 Å². The lowest BCUT2D eigenvalue weighted by atomic mass is 9.99. The first-order valence-corrected chi connectivity index (χ1v) is 19.5. The Labute approximate surface area is 341 Å². The van der Waals surface area contributed by atoms with Crippen LogP contribution >= 0.6 is 0 Å². The summed E-state index contributed by atoms with van der Waals surface area (Å²) in [5.74, 6) is 0. The zero-order chi connectivity index (χ0) is 39.9. The van der Waals surface area contributed by atoms with E-state index in [4.69, 9.17) is 18.8 Å². The molecule has 4 aromatic heterocycles. The van der Waals surface area contributed by atoms with Gasteiger partial charge in [-0.3, -0.25) is 9.97 Å². The van der Waals surface area contributed by atoms with Crippen molar-refractivity contribution in [3.63, 3.8) is 0 Å². The van der Waals surface area contributed by atoms with Crippen molar-refractivity contribution in [1.29, 1.82) is 10.5 Å². The van der Waals surface area contributed by atoms with Gasteiger partial charge in [-0.2, -0.15) is 10.5 Å². The summed E-state index contributed by atoms with van der Waals surface area (Å²) < 4.78 is 12.6. The van der Waals surface area contributed by atoms with Crippen LogP contribution in [0.1, 0.15) is 11.1 Å². The van der Waals surface area contributed by atoms with Crippen LogP contribution in [-0.4, -0.2) is 9.97 Å². The highest BCUT2D eigenvalue weighted by Gasteiger charge is 2.22. The third-order valence-electron chi connectivity index (χ3n) is 11.5. The molecular weight excluding hydrogens is 741 g/mol. The van der Waals surface area contributed by atoms with E-state index in [-0.39, 0.29) is 0 Å². The topological polar surface area (TPSA) is 106 Å². The van der Waals surface area contributed by atoms with Gasteiger partial charge in [-0.05, 0) is 109 Å². The molecule has 0 radical (unpaired) electrons. The first-order valence-electron chi connectivity index (χ1n) is 19.5. The van der Waals surface area contributed by atoms with E-state index in [0.29, 0.717) is 11.1 Å². The third-order valence-corrected chi connectivity index (χ3v) is 11.5. The van der Waals surface area contributed by atoms with Gasteiger partial charge in [-0.15, -0.1) is 0 Å². The standard InChI is InChI=1S/C52H28N6O2/c53-27-31-9-13-35(14-10-31)57(37-17-19-43-41-5-1-3-7-47(41)59-49(43)25-37)39-21-33-29-56-46-24-40(22-34-30-55-45(23-39)51(33)52(34)46)58(36-15-11-32(28-54)12-16-36)38-18-20-44-42-6-2-4-8-48(42)60-50(44)26-38/h1-26,29-30H. The smallest absolute Gasteiger partial charge is 0.137 e. The quantitative estimate of drug-likeness (QED) is 0.154. The average Bonchev–Trinajstić information content (AvgIpc) is 3.86. The molecule has 0 N–H and O–H groups in total. The molecule has 0 aliphatic carbocycles. The Balaban J connectivity index is 1.01. The van der Waals surface area contributed by atoms with Crippen LogP contribution in [0.5, 0.6) is 0 Å². The summed E-state index contributed by atoms with van der Waals surface area (Å²) in [4.78, 5) is 14.5. The van der Waals surface area contributed by atoms with Gasteiger partial charge in [0.25, 0.3) is 0 Å². The summed E-state index contributed by atoms with van der Waals surface area (Å²) in [7, 11) is 0. The molecule has 0 amide bonds. The lowest BCUT2D eigenvalue weighted by Gasteiger charge is -2.27. The van der Waals surface area contributed by atoms with Gasteiger partial charge in [-0.25, -0.2) is 0 Å². The van der Waals surface area contributed by atoms with Gasteiger partial charge < -0.3 is 18.6 Å². The van der Waals surface area contributed by atoms with Crippen LogP contribution in [0.25, 0.3) is 76.5 Å². The SMILES string of the molecule is N#Cc1ccc(N(c2cc3cnc4cc(N(c5ccc(C#N)cc5)c5ccc6c(c5)oc5ccccc56)cc5cnc(c2)c3c54)c2ccc3c(c2)oc2ccccc23)cc1. The zero-order valence-corrected chi connectivity index (χ0v) is 31.7. The van der Waals surface area contributed by atoms with Crippen molar-refractivity contribution in [3.8, 4) is 12.1 Å². The normalized spacial score (nSPS) is 11.6. The van der Waals surface area contributed by atoms with Crippen LogP contribution in [0.4, 0.5) is 34.1 Å². The lowest BCUT2D eigenvalue weighted by Crippen LogP contribution is -2.11. The van der Waals surface area contributed by atoms with E-state index in [9.17, 15) is 10.5 Å². The Morgan fingerprint density at radius 2 is 0.783 bits per heavy atom. The Hall–Kier alpha value is -8.72. The molecule has 0 unspecified atom stereocenters. The number of hydrogen-bond donors (Lipinski definition) is 0. The van der Waals surface area contributed by atoms with Crippen LogP contribution in [0, 0.1) is 22.7 Å². The molecular formula is C52H28N6O2. The minimum Gasteiger partial charge on any atom is -0.456 e. The van der Waals surface area contributed by atoms with Gasteiger partial charge in [0.05, 0.1) is 34.3 Å². The first kappa shape index (κ1) is 33.4. The van der Waals surface area contributed by atoms with E-state index in [2.05, 4.69) is 94.7 Å². The Kier molecular flexibility index (Phi) is 7.19. The molecule has 0 atom stereocenters. The van der Waals surface area contributed by atoms with Crippen LogP contribution < -0.4 is 9.80 Å². The Morgan fingerprint density at radius 1 is 0.383 bits per heavy atom. The van der Waals surface area contributed by atoms with Crippen molar-refractivity contribution in [2.24, 2.45) is 0 Å². The largest absolute Gasteiger partial charge is 0.456 e. The fourth-order valence-electron chi connectivity index (χ4n) is 8.73. The predicted octanol–water partition coefficient (Wildman–Crippen LogP) is 13.9. The number of nitriles is 2. The second-order valence-corrected chi connectivity index (χ2v) is 14.9. The summed E-state index contributed by atoms with van der Waals surface area (Å²) in [6, 6.07) is 56.9. The van der Waals surface area contributed by atoms with Gasteiger partial charge >= 0.3 is 0 Å². The molecule has 0 saturated carbocycles. The van der Waals surface area contributed by atoms with Crippen molar-refractivity contribution in [2.75, 3.05) is 9.80 Å². The van der Waals surface area contributed by atoms with Crippen LogP contribution in [0.3, 0.4) is 0 Å². The number of nitrogens with zero attached hydrogens (tertiary/aromatic N) is 6. The number of para-hydroxylation sites is 2. The van der Waals surface area contributed by atoms with Crippen molar-refractivity contribution in [3.05, 3.63) is 181 Å². The number of hydrogen-bond acceptors (Lipinski definition) is 8. The molecule has 12 aromatic rings. The molecule has 0 fully saturated rings. The number of furan rings is 2. The maximum Gasteiger partial charge on any atom is 0.137 e. The highest BCUT2D eigenvalue weighted by molar-refractivity contribution is 6.22. The second-order valence-electron chi connectivity index (χ2n) is 14.9. The lowest BCUT2D eigenvalue weighted by molar-refractivity contribution is 0.668. The molecule has 0 saturated heterocycles. The van der Waals surface area contributed by atoms with Gasteiger partial charge in [0.2, 0.25) is 0 Å². The van der Waals surface area contributed by atoms with E-state index in [1.54, 1.807) is 0 Å². The van der Waals surface area contributed by atoms with Crippen molar-refractivity contribution < 1.29 is 8.83 Å². The molecule has 0 spiro atoms. The van der Waals surface area contributed by atoms with Crippen LogP contribution in [0.15, 0.2) is 179 Å². The van der Waals surface area contributed by atoms with Crippen molar-refractivity contribution in [2.45, 2.75) is 0 Å². The number of pyridine rings is 2.